The van der Waals surface area contributed by atoms with Crippen LogP contribution in [0.2, 0.25) is 0 Å². The first-order valence-electron chi connectivity index (χ1n) is 8.81. The summed E-state index contributed by atoms with van der Waals surface area (Å²) in [6, 6.07) is 12.1. The molecule has 3 aromatic rings. The summed E-state index contributed by atoms with van der Waals surface area (Å²) in [6.07, 6.45) is 3.12. The van der Waals surface area contributed by atoms with E-state index >= 15 is 0 Å². The van der Waals surface area contributed by atoms with Gasteiger partial charge in [0.2, 0.25) is 12.7 Å². The number of aromatic nitrogens is 2. The van der Waals surface area contributed by atoms with E-state index in [1.54, 1.807) is 54.6 Å². The van der Waals surface area contributed by atoms with Gasteiger partial charge >= 0.3 is 0 Å². The number of ether oxygens (including phenoxy) is 2. The van der Waals surface area contributed by atoms with Gasteiger partial charge < -0.3 is 24.8 Å². The maximum atomic E-state index is 12.4. The van der Waals surface area contributed by atoms with Gasteiger partial charge in [-0.1, -0.05) is 18.2 Å². The fourth-order valence-corrected chi connectivity index (χ4v) is 2.90. The molecule has 3 N–H and O–H groups in total. The zero-order valence-corrected chi connectivity index (χ0v) is 15.4. The summed E-state index contributed by atoms with van der Waals surface area (Å²) < 4.78 is 10.6. The number of benzene rings is 2. The number of fused-ring (bicyclic) bond motifs is 1. The highest BCUT2D eigenvalue weighted by Crippen LogP contribution is 2.32. The Bertz CT molecular complexity index is 1320. The van der Waals surface area contributed by atoms with Crippen LogP contribution in [0.15, 0.2) is 52.1 Å². The van der Waals surface area contributed by atoms with E-state index < -0.39 is 11.1 Å². The molecule has 1 amide bonds. The van der Waals surface area contributed by atoms with Crippen molar-refractivity contribution in [3.05, 3.63) is 85.0 Å². The largest absolute Gasteiger partial charge is 0.454 e. The van der Waals surface area contributed by atoms with Crippen LogP contribution in [0.4, 0.5) is 5.69 Å². The SMILES string of the molecule is CC(=O)Nc1ccc(C=c2[nH]c(=O)c(=Cc3ccc4c(c3)OCO4)[nH]c2=O)cc1. The summed E-state index contributed by atoms with van der Waals surface area (Å²) in [5, 5.41) is 2.92. The summed E-state index contributed by atoms with van der Waals surface area (Å²) in [4.78, 5) is 41.1. The summed E-state index contributed by atoms with van der Waals surface area (Å²) in [5.74, 6) is 1.06. The van der Waals surface area contributed by atoms with Gasteiger partial charge in [0, 0.05) is 12.6 Å². The Balaban J connectivity index is 1.68. The lowest BCUT2D eigenvalue weighted by atomic mass is 10.2. The van der Waals surface area contributed by atoms with Crippen LogP contribution in [0, 0.1) is 0 Å². The van der Waals surface area contributed by atoms with Gasteiger partial charge in [-0.05, 0) is 47.5 Å². The number of aromatic amines is 2. The zero-order valence-electron chi connectivity index (χ0n) is 15.4. The molecule has 0 bridgehead atoms. The van der Waals surface area contributed by atoms with Crippen LogP contribution in [0.3, 0.4) is 0 Å². The highest BCUT2D eigenvalue weighted by Gasteiger charge is 2.12. The van der Waals surface area contributed by atoms with Crippen molar-refractivity contribution in [1.82, 2.24) is 9.97 Å². The van der Waals surface area contributed by atoms with Gasteiger partial charge in [0.1, 0.15) is 10.7 Å². The first-order valence-corrected chi connectivity index (χ1v) is 8.81. The lowest BCUT2D eigenvalue weighted by Crippen LogP contribution is -2.46. The van der Waals surface area contributed by atoms with Crippen LogP contribution in [-0.2, 0) is 4.79 Å². The van der Waals surface area contributed by atoms with E-state index in [0.717, 1.165) is 0 Å². The first-order chi connectivity index (χ1) is 14.0. The standard InChI is InChI=1S/C21H17N3O5/c1-12(25)22-15-5-2-13(3-6-15)8-16-20(26)24-17(21(27)23-16)9-14-4-7-18-19(10-14)29-11-28-18/h2-10H,11H2,1H3,(H,22,25)(H,23,27)(H,24,26). The lowest BCUT2D eigenvalue weighted by Gasteiger charge is -2.01. The molecule has 0 fully saturated rings. The summed E-state index contributed by atoms with van der Waals surface area (Å²) in [6.45, 7) is 1.58. The molecule has 0 saturated carbocycles. The van der Waals surface area contributed by atoms with E-state index in [1.165, 1.54) is 6.92 Å². The van der Waals surface area contributed by atoms with E-state index in [-0.39, 0.29) is 23.4 Å². The molecule has 8 heteroatoms. The quantitative estimate of drug-likeness (QED) is 0.599. The third-order valence-electron chi connectivity index (χ3n) is 4.24. The molecule has 0 atom stereocenters. The number of H-pyrrole nitrogens is 2. The third-order valence-corrected chi connectivity index (χ3v) is 4.24. The van der Waals surface area contributed by atoms with E-state index in [2.05, 4.69) is 15.3 Å². The monoisotopic (exact) mass is 391 g/mol. The molecule has 1 aliphatic rings. The maximum Gasteiger partial charge on any atom is 0.272 e. The number of anilines is 1. The predicted molar refractivity (Wildman–Crippen MR) is 107 cm³/mol. The van der Waals surface area contributed by atoms with Gasteiger partial charge in [-0.3, -0.25) is 14.4 Å². The molecule has 2 aromatic carbocycles. The van der Waals surface area contributed by atoms with Crippen LogP contribution in [0.5, 0.6) is 11.5 Å². The fraction of sp³-hybridized carbons (Fsp3) is 0.0952. The molecule has 146 valence electrons. The van der Waals surface area contributed by atoms with Gasteiger partial charge in [-0.25, -0.2) is 0 Å². The maximum absolute atomic E-state index is 12.4. The minimum Gasteiger partial charge on any atom is -0.454 e. The van der Waals surface area contributed by atoms with Gasteiger partial charge in [0.25, 0.3) is 11.1 Å². The van der Waals surface area contributed by atoms with Crippen molar-refractivity contribution in [2.45, 2.75) is 6.92 Å². The Morgan fingerprint density at radius 1 is 0.897 bits per heavy atom. The number of rotatable bonds is 3. The second-order valence-corrected chi connectivity index (χ2v) is 6.44. The van der Waals surface area contributed by atoms with Crippen molar-refractivity contribution in [3.8, 4) is 11.5 Å². The van der Waals surface area contributed by atoms with Crippen LogP contribution in [0.25, 0.3) is 12.2 Å². The molecule has 0 unspecified atom stereocenters. The minimum atomic E-state index is -0.428. The van der Waals surface area contributed by atoms with E-state index in [9.17, 15) is 14.4 Å². The second kappa shape index (κ2) is 7.51. The molecule has 8 nitrogen and oxygen atoms in total. The third kappa shape index (κ3) is 4.11. The van der Waals surface area contributed by atoms with Gasteiger partial charge in [-0.2, -0.15) is 0 Å². The van der Waals surface area contributed by atoms with Crippen molar-refractivity contribution < 1.29 is 14.3 Å². The van der Waals surface area contributed by atoms with E-state index in [1.807, 2.05) is 0 Å². The molecule has 1 aromatic heterocycles. The molecular weight excluding hydrogens is 374 g/mol. The molecule has 0 radical (unpaired) electrons. The zero-order chi connectivity index (χ0) is 20.4. The van der Waals surface area contributed by atoms with Crippen LogP contribution in [-0.4, -0.2) is 22.7 Å². The molecule has 29 heavy (non-hydrogen) atoms. The van der Waals surface area contributed by atoms with Crippen molar-refractivity contribution in [2.75, 3.05) is 12.1 Å². The number of hydrogen-bond donors (Lipinski definition) is 3. The van der Waals surface area contributed by atoms with Gasteiger partial charge in [-0.15, -0.1) is 0 Å². The average molecular weight is 391 g/mol. The molecule has 0 saturated heterocycles. The number of amides is 1. The molecule has 1 aliphatic heterocycles. The van der Waals surface area contributed by atoms with Crippen LogP contribution in [0.1, 0.15) is 18.1 Å². The summed E-state index contributed by atoms with van der Waals surface area (Å²) in [5.41, 5.74) is 1.19. The highest BCUT2D eigenvalue weighted by atomic mass is 16.7. The minimum absolute atomic E-state index is 0.130. The molecule has 4 rings (SSSR count). The number of hydrogen-bond acceptors (Lipinski definition) is 5. The fourth-order valence-electron chi connectivity index (χ4n) is 2.90. The lowest BCUT2D eigenvalue weighted by molar-refractivity contribution is -0.114. The van der Waals surface area contributed by atoms with Gasteiger partial charge in [0.05, 0.1) is 0 Å². The normalized spacial score (nSPS) is 13.6. The summed E-state index contributed by atoms with van der Waals surface area (Å²) in [7, 11) is 0. The Kier molecular flexibility index (Phi) is 4.74. The number of carbonyl (C=O) groups is 1. The summed E-state index contributed by atoms with van der Waals surface area (Å²) >= 11 is 0. The van der Waals surface area contributed by atoms with Crippen molar-refractivity contribution in [1.29, 1.82) is 0 Å². The Morgan fingerprint density at radius 2 is 1.48 bits per heavy atom. The van der Waals surface area contributed by atoms with Crippen molar-refractivity contribution in [3.63, 3.8) is 0 Å². The highest BCUT2D eigenvalue weighted by molar-refractivity contribution is 5.88. The number of carbonyl (C=O) groups excluding carboxylic acids is 1. The van der Waals surface area contributed by atoms with E-state index in [4.69, 9.17) is 9.47 Å². The predicted octanol–water partition coefficient (Wildman–Crippen LogP) is 0.408. The van der Waals surface area contributed by atoms with Crippen molar-refractivity contribution >= 4 is 23.7 Å². The molecule has 0 aliphatic carbocycles. The average Bonchev–Trinajstić information content (AvgIpc) is 3.15. The second-order valence-electron chi connectivity index (χ2n) is 6.44. The topological polar surface area (TPSA) is 113 Å². The number of nitrogens with one attached hydrogen (secondary N) is 3. The molecule has 0 spiro atoms. The molecule has 2 heterocycles. The van der Waals surface area contributed by atoms with Crippen LogP contribution >= 0.6 is 0 Å². The van der Waals surface area contributed by atoms with Crippen molar-refractivity contribution in [2.24, 2.45) is 0 Å². The Hall–Kier alpha value is -4.07. The molecular formula is C21H17N3O5. The smallest absolute Gasteiger partial charge is 0.272 e. The Morgan fingerprint density at radius 3 is 2.14 bits per heavy atom. The first kappa shape index (κ1) is 18.3. The van der Waals surface area contributed by atoms with E-state index in [0.29, 0.717) is 28.3 Å². The van der Waals surface area contributed by atoms with Crippen LogP contribution < -0.4 is 36.6 Å². The Labute approximate surface area is 164 Å². The van der Waals surface area contributed by atoms with Gasteiger partial charge in [0.15, 0.2) is 11.5 Å².